The standard InChI is InChI=1S/C19H23FN4O/c1-11-8-12(2)24(23-11)13(3)10-21-18(25)9-16-14(4)22-19-15(16)6-5-7-17(19)20/h5-8,13,22H,9-10H2,1-4H3,(H,21,25)/t13-/m0/s1. The summed E-state index contributed by atoms with van der Waals surface area (Å²) in [6.07, 6.45) is 0.221. The molecule has 5 nitrogen and oxygen atoms in total. The van der Waals surface area contributed by atoms with Gasteiger partial charge >= 0.3 is 0 Å². The van der Waals surface area contributed by atoms with E-state index < -0.39 is 0 Å². The van der Waals surface area contributed by atoms with E-state index in [0.29, 0.717) is 12.1 Å². The van der Waals surface area contributed by atoms with Crippen molar-refractivity contribution in [3.8, 4) is 0 Å². The Morgan fingerprint density at radius 1 is 1.36 bits per heavy atom. The second-order valence-corrected chi connectivity index (χ2v) is 6.59. The highest BCUT2D eigenvalue weighted by molar-refractivity contribution is 5.90. The zero-order valence-corrected chi connectivity index (χ0v) is 15.0. The lowest BCUT2D eigenvalue weighted by Crippen LogP contribution is -2.31. The topological polar surface area (TPSA) is 62.7 Å². The van der Waals surface area contributed by atoms with Crippen LogP contribution in [0.15, 0.2) is 24.3 Å². The second-order valence-electron chi connectivity index (χ2n) is 6.59. The molecule has 6 heteroatoms. The van der Waals surface area contributed by atoms with Gasteiger partial charge in [0.15, 0.2) is 0 Å². The third-order valence-electron chi connectivity index (χ3n) is 4.50. The van der Waals surface area contributed by atoms with Crippen molar-refractivity contribution in [3.63, 3.8) is 0 Å². The Balaban J connectivity index is 1.68. The number of aryl methyl sites for hydroxylation is 3. The molecule has 25 heavy (non-hydrogen) atoms. The van der Waals surface area contributed by atoms with Gasteiger partial charge in [-0.05, 0) is 45.4 Å². The van der Waals surface area contributed by atoms with Crippen LogP contribution in [-0.2, 0) is 11.2 Å². The van der Waals surface area contributed by atoms with Gasteiger partial charge in [0.05, 0.1) is 23.7 Å². The zero-order valence-electron chi connectivity index (χ0n) is 15.0. The Morgan fingerprint density at radius 2 is 2.12 bits per heavy atom. The minimum atomic E-state index is -0.301. The smallest absolute Gasteiger partial charge is 0.224 e. The first-order valence-corrected chi connectivity index (χ1v) is 8.42. The van der Waals surface area contributed by atoms with E-state index in [4.69, 9.17) is 0 Å². The number of fused-ring (bicyclic) bond motifs is 1. The SMILES string of the molecule is Cc1cc(C)n([C@@H](C)CNC(=O)Cc2c(C)[nH]c3c(F)cccc23)n1. The molecule has 2 N–H and O–H groups in total. The third-order valence-corrected chi connectivity index (χ3v) is 4.50. The average molecular weight is 342 g/mol. The molecule has 3 rings (SSSR count). The predicted octanol–water partition coefficient (Wildman–Crippen LogP) is 3.35. The highest BCUT2D eigenvalue weighted by Gasteiger charge is 2.16. The van der Waals surface area contributed by atoms with Crippen LogP contribution in [0.3, 0.4) is 0 Å². The van der Waals surface area contributed by atoms with E-state index in [2.05, 4.69) is 15.4 Å². The highest BCUT2D eigenvalue weighted by atomic mass is 19.1. The van der Waals surface area contributed by atoms with Crippen molar-refractivity contribution in [1.29, 1.82) is 0 Å². The minimum Gasteiger partial charge on any atom is -0.356 e. The van der Waals surface area contributed by atoms with Crippen LogP contribution in [0, 0.1) is 26.6 Å². The molecule has 3 aromatic rings. The number of H-pyrrole nitrogens is 1. The lowest BCUT2D eigenvalue weighted by Gasteiger charge is -2.15. The summed E-state index contributed by atoms with van der Waals surface area (Å²) in [6, 6.07) is 7.00. The number of hydrogen-bond donors (Lipinski definition) is 2. The van der Waals surface area contributed by atoms with E-state index in [1.54, 1.807) is 6.07 Å². The monoisotopic (exact) mass is 342 g/mol. The Kier molecular flexibility index (Phi) is 4.61. The molecule has 1 aromatic carbocycles. The van der Waals surface area contributed by atoms with E-state index in [-0.39, 0.29) is 24.2 Å². The fourth-order valence-electron chi connectivity index (χ4n) is 3.26. The van der Waals surface area contributed by atoms with Crippen molar-refractivity contribution in [1.82, 2.24) is 20.1 Å². The number of benzene rings is 1. The zero-order chi connectivity index (χ0) is 18.1. The summed E-state index contributed by atoms with van der Waals surface area (Å²) in [5.41, 5.74) is 4.15. The summed E-state index contributed by atoms with van der Waals surface area (Å²) in [5.74, 6) is -0.382. The van der Waals surface area contributed by atoms with E-state index in [1.165, 1.54) is 6.07 Å². The fraction of sp³-hybridized carbons (Fsp3) is 0.368. The molecule has 1 amide bonds. The van der Waals surface area contributed by atoms with Crippen LogP contribution >= 0.6 is 0 Å². The van der Waals surface area contributed by atoms with Crippen LogP contribution < -0.4 is 5.32 Å². The van der Waals surface area contributed by atoms with Crippen molar-refractivity contribution in [2.45, 2.75) is 40.2 Å². The van der Waals surface area contributed by atoms with Gasteiger partial charge in [0.2, 0.25) is 5.91 Å². The van der Waals surface area contributed by atoms with E-state index in [9.17, 15) is 9.18 Å². The predicted molar refractivity (Wildman–Crippen MR) is 96.1 cm³/mol. The molecule has 0 radical (unpaired) electrons. The lowest BCUT2D eigenvalue weighted by atomic mass is 10.1. The minimum absolute atomic E-state index is 0.0687. The molecule has 0 saturated carbocycles. The first-order valence-electron chi connectivity index (χ1n) is 8.42. The normalized spacial score (nSPS) is 12.5. The van der Waals surface area contributed by atoms with Crippen LogP contribution in [0.5, 0.6) is 0 Å². The molecule has 0 aliphatic carbocycles. The van der Waals surface area contributed by atoms with E-state index >= 15 is 0 Å². The Morgan fingerprint density at radius 3 is 2.80 bits per heavy atom. The molecular formula is C19H23FN4O. The van der Waals surface area contributed by atoms with Crippen LogP contribution in [0.2, 0.25) is 0 Å². The molecule has 132 valence electrons. The van der Waals surface area contributed by atoms with Gasteiger partial charge in [0.1, 0.15) is 5.82 Å². The maximum Gasteiger partial charge on any atom is 0.224 e. The van der Waals surface area contributed by atoms with Crippen molar-refractivity contribution < 1.29 is 9.18 Å². The molecule has 0 saturated heterocycles. The van der Waals surface area contributed by atoms with Crippen molar-refractivity contribution in [2.24, 2.45) is 0 Å². The molecular weight excluding hydrogens is 319 g/mol. The second kappa shape index (κ2) is 6.70. The number of aromatic amines is 1. The number of para-hydroxylation sites is 1. The van der Waals surface area contributed by atoms with Gasteiger partial charge < -0.3 is 10.3 Å². The average Bonchev–Trinajstić information content (AvgIpc) is 3.06. The number of hydrogen-bond acceptors (Lipinski definition) is 2. The molecule has 0 spiro atoms. The molecule has 0 bridgehead atoms. The number of halogens is 1. The molecule has 2 aromatic heterocycles. The fourth-order valence-corrected chi connectivity index (χ4v) is 3.26. The summed E-state index contributed by atoms with van der Waals surface area (Å²) in [6.45, 7) is 8.33. The van der Waals surface area contributed by atoms with Gasteiger partial charge in [-0.1, -0.05) is 12.1 Å². The van der Waals surface area contributed by atoms with Crippen molar-refractivity contribution in [2.75, 3.05) is 6.54 Å². The van der Waals surface area contributed by atoms with Gasteiger partial charge in [0, 0.05) is 23.3 Å². The van der Waals surface area contributed by atoms with E-state index in [1.807, 2.05) is 44.5 Å². The molecule has 0 fully saturated rings. The maximum atomic E-state index is 13.9. The third kappa shape index (κ3) is 3.43. The number of amides is 1. The van der Waals surface area contributed by atoms with Crippen LogP contribution in [0.25, 0.3) is 10.9 Å². The summed E-state index contributed by atoms with van der Waals surface area (Å²) in [4.78, 5) is 15.4. The van der Waals surface area contributed by atoms with Crippen LogP contribution in [0.1, 0.15) is 35.6 Å². The van der Waals surface area contributed by atoms with Crippen LogP contribution in [-0.4, -0.2) is 27.2 Å². The summed E-state index contributed by atoms with van der Waals surface area (Å²) in [5, 5.41) is 8.17. The van der Waals surface area contributed by atoms with Gasteiger partial charge in [-0.15, -0.1) is 0 Å². The quantitative estimate of drug-likeness (QED) is 0.747. The molecule has 1 atom stereocenters. The first kappa shape index (κ1) is 17.2. The number of carbonyl (C=O) groups is 1. The van der Waals surface area contributed by atoms with Crippen molar-refractivity contribution in [3.05, 3.63) is 52.7 Å². The summed E-state index contributed by atoms with van der Waals surface area (Å²) >= 11 is 0. The number of rotatable bonds is 5. The summed E-state index contributed by atoms with van der Waals surface area (Å²) < 4.78 is 15.8. The van der Waals surface area contributed by atoms with Gasteiger partial charge in [-0.3, -0.25) is 9.48 Å². The largest absolute Gasteiger partial charge is 0.356 e. The Labute approximate surface area is 146 Å². The number of aromatic nitrogens is 3. The molecule has 0 aliphatic heterocycles. The maximum absolute atomic E-state index is 13.9. The van der Waals surface area contributed by atoms with Gasteiger partial charge in [-0.2, -0.15) is 5.10 Å². The van der Waals surface area contributed by atoms with Crippen molar-refractivity contribution >= 4 is 16.8 Å². The van der Waals surface area contributed by atoms with E-state index in [0.717, 1.165) is 28.0 Å². The number of nitrogens with zero attached hydrogens (tertiary/aromatic N) is 2. The summed E-state index contributed by atoms with van der Waals surface area (Å²) in [7, 11) is 0. The molecule has 0 aliphatic rings. The Bertz CT molecular complexity index is 925. The molecule has 0 unspecified atom stereocenters. The highest BCUT2D eigenvalue weighted by Crippen LogP contribution is 2.24. The van der Waals surface area contributed by atoms with Gasteiger partial charge in [-0.25, -0.2) is 4.39 Å². The lowest BCUT2D eigenvalue weighted by molar-refractivity contribution is -0.120. The number of nitrogens with one attached hydrogen (secondary N) is 2. The van der Waals surface area contributed by atoms with Crippen LogP contribution in [0.4, 0.5) is 4.39 Å². The molecule has 2 heterocycles. The first-order chi connectivity index (χ1) is 11.9. The van der Waals surface area contributed by atoms with Gasteiger partial charge in [0.25, 0.3) is 0 Å². The number of carbonyl (C=O) groups excluding carboxylic acids is 1. The Hall–Kier alpha value is -2.63.